The van der Waals surface area contributed by atoms with E-state index < -0.39 is 0 Å². The number of hydrogen-bond donors (Lipinski definition) is 2. The van der Waals surface area contributed by atoms with Crippen molar-refractivity contribution in [1.82, 2.24) is 4.98 Å². The third kappa shape index (κ3) is 3.14. The predicted molar refractivity (Wildman–Crippen MR) is 106 cm³/mol. The quantitative estimate of drug-likeness (QED) is 0.557. The summed E-state index contributed by atoms with van der Waals surface area (Å²) in [5.41, 5.74) is 2.05. The van der Waals surface area contributed by atoms with Gasteiger partial charge in [0.15, 0.2) is 5.13 Å². The van der Waals surface area contributed by atoms with Gasteiger partial charge >= 0.3 is 0 Å². The van der Waals surface area contributed by atoms with Crippen LogP contribution in [0.5, 0.6) is 0 Å². The summed E-state index contributed by atoms with van der Waals surface area (Å²) in [6.07, 6.45) is 0. The Balaban J connectivity index is 1.59. The van der Waals surface area contributed by atoms with E-state index in [4.69, 9.17) is 0 Å². The van der Waals surface area contributed by atoms with E-state index in [2.05, 4.69) is 21.7 Å². The molecule has 0 aliphatic carbocycles. The minimum absolute atomic E-state index is 0.149. The zero-order valence-electron chi connectivity index (χ0n) is 13.9. The fraction of sp³-hybridized carbons (Fsp3) is 0.0500. The molecule has 0 saturated heterocycles. The van der Waals surface area contributed by atoms with Gasteiger partial charge in [-0.2, -0.15) is 0 Å². The van der Waals surface area contributed by atoms with Gasteiger partial charge in [0.2, 0.25) is 5.91 Å². The number of hydrogen-bond acceptors (Lipinski definition) is 4. The molecule has 0 saturated carbocycles. The van der Waals surface area contributed by atoms with E-state index in [1.165, 1.54) is 18.3 Å². The first-order valence-corrected chi connectivity index (χ1v) is 8.89. The molecule has 4 rings (SSSR count). The number of benzene rings is 3. The molecular formula is C20H15N3O2S. The highest BCUT2D eigenvalue weighted by atomic mass is 32.1. The average molecular weight is 361 g/mol. The van der Waals surface area contributed by atoms with E-state index in [1.807, 2.05) is 30.3 Å². The smallest absolute Gasteiger partial charge is 0.257 e. The van der Waals surface area contributed by atoms with Crippen molar-refractivity contribution in [2.75, 3.05) is 10.6 Å². The van der Waals surface area contributed by atoms with E-state index in [1.54, 1.807) is 24.3 Å². The topological polar surface area (TPSA) is 71.1 Å². The third-order valence-corrected chi connectivity index (χ3v) is 4.91. The second kappa shape index (κ2) is 6.57. The number of nitrogens with one attached hydrogen (secondary N) is 2. The summed E-state index contributed by atoms with van der Waals surface area (Å²) in [6.45, 7) is 1.44. The Morgan fingerprint density at radius 3 is 2.46 bits per heavy atom. The highest BCUT2D eigenvalue weighted by Gasteiger charge is 2.11. The van der Waals surface area contributed by atoms with E-state index in [-0.39, 0.29) is 11.8 Å². The molecule has 3 aromatic carbocycles. The van der Waals surface area contributed by atoms with Gasteiger partial charge in [-0.15, -0.1) is 0 Å². The Morgan fingerprint density at radius 2 is 1.69 bits per heavy atom. The summed E-state index contributed by atoms with van der Waals surface area (Å²) >= 11 is 1.45. The van der Waals surface area contributed by atoms with Gasteiger partial charge in [0.05, 0.1) is 10.2 Å². The molecule has 0 aliphatic rings. The fourth-order valence-electron chi connectivity index (χ4n) is 2.79. The number of rotatable bonds is 3. The van der Waals surface area contributed by atoms with Gasteiger partial charge in [-0.1, -0.05) is 41.7 Å². The maximum Gasteiger partial charge on any atom is 0.257 e. The van der Waals surface area contributed by atoms with E-state index in [0.717, 1.165) is 21.0 Å². The second-order valence-electron chi connectivity index (χ2n) is 5.87. The summed E-state index contributed by atoms with van der Waals surface area (Å²) < 4.78 is 1.03. The molecule has 4 aromatic rings. The summed E-state index contributed by atoms with van der Waals surface area (Å²) in [5, 5.41) is 8.28. The summed E-state index contributed by atoms with van der Waals surface area (Å²) in [5.74, 6) is -0.383. The minimum Gasteiger partial charge on any atom is -0.326 e. The first kappa shape index (κ1) is 16.2. The number of nitrogens with zero attached hydrogens (tertiary/aromatic N) is 1. The number of fused-ring (bicyclic) bond motifs is 3. The Hall–Kier alpha value is -3.25. The Labute approximate surface area is 153 Å². The summed E-state index contributed by atoms with van der Waals surface area (Å²) in [7, 11) is 0. The molecule has 26 heavy (non-hydrogen) atoms. The van der Waals surface area contributed by atoms with Crippen LogP contribution in [0.3, 0.4) is 0 Å². The molecule has 1 aromatic heterocycles. The molecule has 2 N–H and O–H groups in total. The number of amides is 2. The molecule has 0 unspecified atom stereocenters. The Morgan fingerprint density at radius 1 is 0.923 bits per heavy atom. The fourth-order valence-corrected chi connectivity index (χ4v) is 3.67. The molecule has 0 spiro atoms. The van der Waals surface area contributed by atoms with Crippen LogP contribution in [0.15, 0.2) is 60.7 Å². The van der Waals surface area contributed by atoms with Gasteiger partial charge in [-0.05, 0) is 35.7 Å². The first-order chi connectivity index (χ1) is 12.6. The normalized spacial score (nSPS) is 10.8. The second-order valence-corrected chi connectivity index (χ2v) is 6.90. The van der Waals surface area contributed by atoms with Crippen molar-refractivity contribution in [1.29, 1.82) is 0 Å². The number of carbonyl (C=O) groups excluding carboxylic acids is 2. The van der Waals surface area contributed by atoms with E-state index >= 15 is 0 Å². The van der Waals surface area contributed by atoms with Crippen molar-refractivity contribution >= 4 is 55.0 Å². The molecule has 0 aliphatic heterocycles. The first-order valence-electron chi connectivity index (χ1n) is 8.07. The van der Waals surface area contributed by atoms with Crippen LogP contribution in [0.25, 0.3) is 21.0 Å². The van der Waals surface area contributed by atoms with E-state index in [0.29, 0.717) is 16.4 Å². The van der Waals surface area contributed by atoms with Crippen LogP contribution < -0.4 is 10.6 Å². The SMILES string of the molecule is CC(=O)Nc1ccc(C(=O)Nc2nc3c(ccc4ccccc43)s2)cc1. The molecule has 6 heteroatoms. The number of carbonyl (C=O) groups is 2. The number of aromatic nitrogens is 1. The monoisotopic (exact) mass is 361 g/mol. The number of anilines is 2. The molecule has 1 heterocycles. The maximum atomic E-state index is 12.5. The average Bonchev–Trinajstić information content (AvgIpc) is 3.04. The van der Waals surface area contributed by atoms with Gasteiger partial charge in [0.25, 0.3) is 5.91 Å². The summed E-state index contributed by atoms with van der Waals surface area (Å²) in [6, 6.07) is 18.9. The molecule has 128 valence electrons. The molecule has 0 fully saturated rings. The van der Waals surface area contributed by atoms with Crippen LogP contribution in [-0.2, 0) is 4.79 Å². The van der Waals surface area contributed by atoms with Crippen LogP contribution >= 0.6 is 11.3 Å². The molecule has 5 nitrogen and oxygen atoms in total. The van der Waals surface area contributed by atoms with Crippen molar-refractivity contribution in [3.8, 4) is 0 Å². The molecule has 0 atom stereocenters. The van der Waals surface area contributed by atoms with E-state index in [9.17, 15) is 9.59 Å². The zero-order valence-corrected chi connectivity index (χ0v) is 14.8. The molecular weight excluding hydrogens is 346 g/mol. The van der Waals surface area contributed by atoms with Gasteiger partial charge in [0.1, 0.15) is 0 Å². The lowest BCUT2D eigenvalue weighted by Crippen LogP contribution is -2.12. The van der Waals surface area contributed by atoms with Crippen LogP contribution in [0, 0.1) is 0 Å². The van der Waals surface area contributed by atoms with Crippen LogP contribution in [0.1, 0.15) is 17.3 Å². The van der Waals surface area contributed by atoms with Crippen molar-refractivity contribution in [2.45, 2.75) is 6.92 Å². The lowest BCUT2D eigenvalue weighted by molar-refractivity contribution is -0.114. The van der Waals surface area contributed by atoms with Gasteiger partial charge in [-0.25, -0.2) is 4.98 Å². The van der Waals surface area contributed by atoms with Crippen molar-refractivity contribution in [3.05, 3.63) is 66.2 Å². The largest absolute Gasteiger partial charge is 0.326 e. The molecule has 0 radical (unpaired) electrons. The van der Waals surface area contributed by atoms with Crippen LogP contribution in [-0.4, -0.2) is 16.8 Å². The lowest BCUT2D eigenvalue weighted by Gasteiger charge is -2.04. The highest BCUT2D eigenvalue weighted by molar-refractivity contribution is 7.22. The molecule has 0 bridgehead atoms. The van der Waals surface area contributed by atoms with Gasteiger partial charge < -0.3 is 5.32 Å². The molecule has 2 amide bonds. The van der Waals surface area contributed by atoms with Crippen LogP contribution in [0.2, 0.25) is 0 Å². The summed E-state index contributed by atoms with van der Waals surface area (Å²) in [4.78, 5) is 28.1. The number of thiazole rings is 1. The third-order valence-electron chi connectivity index (χ3n) is 3.97. The Bertz CT molecular complexity index is 1130. The predicted octanol–water partition coefficient (Wildman–Crippen LogP) is 4.66. The van der Waals surface area contributed by atoms with Gasteiger partial charge in [0, 0.05) is 23.6 Å². The van der Waals surface area contributed by atoms with Crippen LogP contribution in [0.4, 0.5) is 10.8 Å². The highest BCUT2D eigenvalue weighted by Crippen LogP contribution is 2.31. The standard InChI is InChI=1S/C20H15N3O2S/c1-12(24)21-15-9-6-14(7-10-15)19(25)23-20-22-18-16-5-3-2-4-13(16)8-11-17(18)26-20/h2-11H,1H3,(H,21,24)(H,22,23,25). The lowest BCUT2D eigenvalue weighted by atomic mass is 10.1. The maximum absolute atomic E-state index is 12.5. The van der Waals surface area contributed by atoms with Gasteiger partial charge in [-0.3, -0.25) is 14.9 Å². The minimum atomic E-state index is -0.234. The van der Waals surface area contributed by atoms with Crippen molar-refractivity contribution in [3.63, 3.8) is 0 Å². The van der Waals surface area contributed by atoms with Crippen molar-refractivity contribution in [2.24, 2.45) is 0 Å². The zero-order chi connectivity index (χ0) is 18.1. The Kier molecular flexibility index (Phi) is 4.10. The van der Waals surface area contributed by atoms with Crippen molar-refractivity contribution < 1.29 is 9.59 Å².